The number of hydrogen-bond acceptors (Lipinski definition) is 6. The highest BCUT2D eigenvalue weighted by atomic mass is 35.5. The number of aryl methyl sites for hydroxylation is 1. The fraction of sp³-hybridized carbons (Fsp3) is 0.212. The molecule has 0 amide bonds. The number of benzene rings is 3. The lowest BCUT2D eigenvalue weighted by Gasteiger charge is -2.28. The molecule has 0 aliphatic carbocycles. The van der Waals surface area contributed by atoms with Crippen molar-refractivity contribution in [3.05, 3.63) is 89.2 Å². The molecule has 0 spiro atoms. The van der Waals surface area contributed by atoms with E-state index < -0.39 is 24.0 Å². The van der Waals surface area contributed by atoms with Crippen LogP contribution in [0.2, 0.25) is 5.02 Å². The quantitative estimate of drug-likeness (QED) is 0.193. The first-order chi connectivity index (χ1) is 21.2. The summed E-state index contributed by atoms with van der Waals surface area (Å²) in [5.41, 5.74) is 4.52. The molecular weight excluding hydrogens is 625 g/mol. The van der Waals surface area contributed by atoms with Crippen LogP contribution in [0.4, 0.5) is 13.2 Å². The van der Waals surface area contributed by atoms with E-state index in [2.05, 4.69) is 10.1 Å². The van der Waals surface area contributed by atoms with Crippen LogP contribution in [0.15, 0.2) is 73.1 Å². The number of carboxylic acids is 1. The highest BCUT2D eigenvalue weighted by molar-refractivity contribution is 7.22. The standard InChI is InChI=1S/C33H26ClF3N4O3S/c1-17-13-24-29(27(18-5-8-22(34)9-6-18)26(17)28(31(42)43)44-32(2,3)4)45-30(40-24)20-11-12-38-23(15-20)19-7-10-25-21(14-19)16-39-41(25)33(35,36)37/h5-16,28H,1-4H3,(H,42,43)/t28-/m0/s1. The lowest BCUT2D eigenvalue weighted by Crippen LogP contribution is -2.28. The van der Waals surface area contributed by atoms with Crippen LogP contribution in [-0.2, 0) is 15.8 Å². The molecule has 7 nitrogen and oxygen atoms in total. The van der Waals surface area contributed by atoms with Crippen molar-refractivity contribution in [2.45, 2.75) is 45.7 Å². The highest BCUT2D eigenvalue weighted by Gasteiger charge is 2.34. The van der Waals surface area contributed by atoms with E-state index in [1.54, 1.807) is 36.5 Å². The molecular formula is C33H26ClF3N4O3S. The zero-order valence-electron chi connectivity index (χ0n) is 24.5. The Balaban J connectivity index is 1.50. The third-order valence-electron chi connectivity index (χ3n) is 7.13. The van der Waals surface area contributed by atoms with Gasteiger partial charge in [-0.1, -0.05) is 29.8 Å². The summed E-state index contributed by atoms with van der Waals surface area (Å²) < 4.78 is 46.8. The first kappa shape index (κ1) is 30.7. The zero-order valence-corrected chi connectivity index (χ0v) is 26.1. The van der Waals surface area contributed by atoms with Gasteiger partial charge in [-0.25, -0.2) is 9.78 Å². The summed E-state index contributed by atoms with van der Waals surface area (Å²) in [6, 6.07) is 17.2. The number of carbonyl (C=O) groups is 1. The van der Waals surface area contributed by atoms with Crippen molar-refractivity contribution >= 4 is 50.0 Å². The monoisotopic (exact) mass is 650 g/mol. The number of rotatable bonds is 6. The van der Waals surface area contributed by atoms with Crippen molar-refractivity contribution in [2.24, 2.45) is 0 Å². The van der Waals surface area contributed by atoms with Crippen molar-refractivity contribution in [1.29, 1.82) is 0 Å². The second-order valence-corrected chi connectivity index (χ2v) is 13.0. The first-order valence-electron chi connectivity index (χ1n) is 13.8. The van der Waals surface area contributed by atoms with Gasteiger partial charge in [0.15, 0.2) is 6.10 Å². The smallest absolute Gasteiger partial charge is 0.479 e. The lowest BCUT2D eigenvalue weighted by atomic mass is 9.91. The number of aromatic nitrogens is 4. The Morgan fingerprint density at radius 1 is 1.00 bits per heavy atom. The van der Waals surface area contributed by atoms with Crippen LogP contribution in [0, 0.1) is 6.92 Å². The Bertz CT molecular complexity index is 2080. The topological polar surface area (TPSA) is 90.1 Å². The average Bonchev–Trinajstić information content (AvgIpc) is 3.59. The fourth-order valence-electron chi connectivity index (χ4n) is 5.28. The van der Waals surface area contributed by atoms with Gasteiger partial charge in [-0.3, -0.25) is 4.98 Å². The number of alkyl halides is 3. The number of halogens is 4. The Kier molecular flexibility index (Phi) is 7.67. The fourth-order valence-corrected chi connectivity index (χ4v) is 6.52. The summed E-state index contributed by atoms with van der Waals surface area (Å²) in [7, 11) is 0. The maximum absolute atomic E-state index is 13.3. The second-order valence-electron chi connectivity index (χ2n) is 11.5. The zero-order chi connectivity index (χ0) is 32.3. The molecule has 1 N–H and O–H groups in total. The highest BCUT2D eigenvalue weighted by Crippen LogP contribution is 2.44. The van der Waals surface area contributed by atoms with E-state index in [4.69, 9.17) is 21.3 Å². The van der Waals surface area contributed by atoms with E-state index in [9.17, 15) is 23.1 Å². The first-order valence-corrected chi connectivity index (χ1v) is 15.0. The number of aliphatic carboxylic acids is 1. The van der Waals surface area contributed by atoms with E-state index in [0.717, 1.165) is 15.8 Å². The third kappa shape index (κ3) is 6.03. The molecule has 12 heteroatoms. The molecule has 6 aromatic rings. The molecule has 0 saturated heterocycles. The van der Waals surface area contributed by atoms with E-state index in [-0.39, 0.29) is 10.2 Å². The van der Waals surface area contributed by atoms with Gasteiger partial charge in [-0.2, -0.15) is 9.78 Å². The summed E-state index contributed by atoms with van der Waals surface area (Å²) in [6.07, 6.45) is -3.07. The molecule has 230 valence electrons. The Hall–Kier alpha value is -4.32. The molecule has 0 radical (unpaired) electrons. The van der Waals surface area contributed by atoms with Gasteiger partial charge in [0, 0.05) is 38.9 Å². The molecule has 45 heavy (non-hydrogen) atoms. The number of fused-ring (bicyclic) bond motifs is 2. The Labute approximate surface area is 264 Å². The largest absolute Gasteiger partial charge is 0.505 e. The molecule has 0 saturated carbocycles. The van der Waals surface area contributed by atoms with Crippen molar-refractivity contribution in [2.75, 3.05) is 0 Å². The van der Waals surface area contributed by atoms with Gasteiger partial charge in [-0.05, 0) is 81.3 Å². The minimum absolute atomic E-state index is 0.0348. The minimum Gasteiger partial charge on any atom is -0.479 e. The Morgan fingerprint density at radius 3 is 2.38 bits per heavy atom. The Morgan fingerprint density at radius 2 is 1.71 bits per heavy atom. The molecule has 0 unspecified atom stereocenters. The van der Waals surface area contributed by atoms with E-state index in [1.165, 1.54) is 23.6 Å². The molecule has 0 aliphatic heterocycles. The predicted octanol–water partition coefficient (Wildman–Crippen LogP) is 9.42. The molecule has 0 fully saturated rings. The number of pyridine rings is 1. The van der Waals surface area contributed by atoms with Crippen molar-refractivity contribution in [3.8, 4) is 33.0 Å². The molecule has 3 aromatic heterocycles. The number of carboxylic acid groups (broad SMARTS) is 1. The number of thiazole rings is 1. The summed E-state index contributed by atoms with van der Waals surface area (Å²) in [4.78, 5) is 22.0. The van der Waals surface area contributed by atoms with Crippen LogP contribution < -0.4 is 0 Å². The number of hydrogen-bond donors (Lipinski definition) is 1. The molecule has 6 rings (SSSR count). The summed E-state index contributed by atoms with van der Waals surface area (Å²) in [6.45, 7) is 7.27. The van der Waals surface area contributed by atoms with Gasteiger partial charge in [0.05, 0.1) is 33.2 Å². The minimum atomic E-state index is -4.62. The van der Waals surface area contributed by atoms with Gasteiger partial charge in [0.2, 0.25) is 0 Å². The van der Waals surface area contributed by atoms with Crippen LogP contribution in [0.1, 0.15) is 38.0 Å². The van der Waals surface area contributed by atoms with Gasteiger partial charge in [-0.15, -0.1) is 24.5 Å². The van der Waals surface area contributed by atoms with Crippen LogP contribution in [0.3, 0.4) is 0 Å². The second kappa shape index (κ2) is 11.2. The predicted molar refractivity (Wildman–Crippen MR) is 169 cm³/mol. The molecule has 1 atom stereocenters. The average molecular weight is 651 g/mol. The number of nitrogens with zero attached hydrogens (tertiary/aromatic N) is 4. The normalized spacial score (nSPS) is 13.1. The van der Waals surface area contributed by atoms with Crippen molar-refractivity contribution in [1.82, 2.24) is 19.7 Å². The summed E-state index contributed by atoms with van der Waals surface area (Å²) in [5.74, 6) is -1.11. The molecule has 0 aliphatic rings. The molecule has 3 aromatic carbocycles. The van der Waals surface area contributed by atoms with Crippen LogP contribution in [0.25, 0.3) is 54.1 Å². The van der Waals surface area contributed by atoms with Crippen molar-refractivity contribution < 1.29 is 27.8 Å². The summed E-state index contributed by atoms with van der Waals surface area (Å²) in [5, 5.41) is 15.3. The van der Waals surface area contributed by atoms with E-state index >= 15 is 0 Å². The molecule has 0 bridgehead atoms. The van der Waals surface area contributed by atoms with E-state index in [1.807, 2.05) is 52.0 Å². The van der Waals surface area contributed by atoms with Crippen LogP contribution in [0.5, 0.6) is 0 Å². The van der Waals surface area contributed by atoms with Gasteiger partial charge in [0.1, 0.15) is 5.01 Å². The maximum Gasteiger partial charge on any atom is 0.505 e. The van der Waals surface area contributed by atoms with Gasteiger partial charge < -0.3 is 9.84 Å². The molecule has 3 heterocycles. The van der Waals surface area contributed by atoms with Gasteiger partial charge in [0.25, 0.3) is 0 Å². The van der Waals surface area contributed by atoms with Gasteiger partial charge >= 0.3 is 12.3 Å². The van der Waals surface area contributed by atoms with E-state index in [0.29, 0.717) is 48.9 Å². The van der Waals surface area contributed by atoms with Crippen LogP contribution in [-0.4, -0.2) is 36.4 Å². The number of ether oxygens (including phenoxy) is 1. The van der Waals surface area contributed by atoms with Crippen LogP contribution >= 0.6 is 22.9 Å². The van der Waals surface area contributed by atoms with Crippen molar-refractivity contribution in [3.63, 3.8) is 0 Å². The lowest BCUT2D eigenvalue weighted by molar-refractivity contribution is -0.209. The maximum atomic E-state index is 13.3. The third-order valence-corrected chi connectivity index (χ3v) is 8.52. The SMILES string of the molecule is Cc1cc2nc(-c3ccnc(-c4ccc5c(cnn5C(F)(F)F)c4)c3)sc2c(-c2ccc(Cl)cc2)c1[C@H](OC(C)(C)C)C(=O)O. The summed E-state index contributed by atoms with van der Waals surface area (Å²) >= 11 is 7.60.